The van der Waals surface area contributed by atoms with Gasteiger partial charge in [-0.3, -0.25) is 4.79 Å². The molecule has 104 valence electrons. The lowest BCUT2D eigenvalue weighted by Gasteiger charge is -2.23. The van der Waals surface area contributed by atoms with Crippen LogP contribution in [0.2, 0.25) is 0 Å². The number of esters is 1. The van der Waals surface area contributed by atoms with Gasteiger partial charge in [-0.1, -0.05) is 0 Å². The number of carbonyl (C=O) groups excluding carboxylic acids is 1. The average Bonchev–Trinajstić information content (AvgIpc) is 2.89. The molecule has 1 aromatic rings. The largest absolute Gasteiger partial charge is 0.481 e. The van der Waals surface area contributed by atoms with Gasteiger partial charge in [-0.15, -0.1) is 0 Å². The number of nitrogens with zero attached hydrogens (tertiary/aromatic N) is 2. The highest BCUT2D eigenvalue weighted by Crippen LogP contribution is 2.35. The van der Waals surface area contributed by atoms with Gasteiger partial charge < -0.3 is 14.4 Å². The Labute approximate surface area is 109 Å². The Morgan fingerprint density at radius 1 is 1.37 bits per heavy atom. The number of ether oxygens (including phenoxy) is 1. The summed E-state index contributed by atoms with van der Waals surface area (Å²) in [5, 5.41) is 12.5. The van der Waals surface area contributed by atoms with Crippen molar-refractivity contribution in [3.8, 4) is 0 Å². The standard InChI is InChI=1S/C12H16N2O5/c1-2-18-12(17)9-13-10(19-14-9)7-3-5-8(6-4-7)11(15)16/h7-8H,2-6H2,1H3,(H,15,16). The molecule has 1 N–H and O–H groups in total. The topological polar surface area (TPSA) is 103 Å². The normalized spacial score (nSPS) is 23.0. The van der Waals surface area contributed by atoms with E-state index in [1.165, 1.54) is 0 Å². The maximum absolute atomic E-state index is 11.4. The Bertz CT molecular complexity index is 462. The number of carbonyl (C=O) groups is 2. The molecule has 0 aliphatic heterocycles. The summed E-state index contributed by atoms with van der Waals surface area (Å²) in [7, 11) is 0. The van der Waals surface area contributed by atoms with E-state index in [4.69, 9.17) is 14.4 Å². The minimum Gasteiger partial charge on any atom is -0.481 e. The number of aliphatic carboxylic acids is 1. The first-order valence-corrected chi connectivity index (χ1v) is 6.35. The van der Waals surface area contributed by atoms with Crippen LogP contribution in [0, 0.1) is 5.92 Å². The Balaban J connectivity index is 1.97. The van der Waals surface area contributed by atoms with Crippen LogP contribution in [0.25, 0.3) is 0 Å². The second kappa shape index (κ2) is 5.81. The molecule has 2 rings (SSSR count). The highest BCUT2D eigenvalue weighted by molar-refractivity contribution is 5.84. The van der Waals surface area contributed by atoms with Gasteiger partial charge in [0, 0.05) is 5.92 Å². The fraction of sp³-hybridized carbons (Fsp3) is 0.667. The van der Waals surface area contributed by atoms with Crippen LogP contribution < -0.4 is 0 Å². The van der Waals surface area contributed by atoms with Crippen LogP contribution in [0.1, 0.15) is 55.0 Å². The van der Waals surface area contributed by atoms with Gasteiger partial charge in [-0.05, 0) is 37.8 Å². The number of rotatable bonds is 4. The first kappa shape index (κ1) is 13.5. The third-order valence-corrected chi connectivity index (χ3v) is 3.33. The lowest BCUT2D eigenvalue weighted by Crippen LogP contribution is -2.20. The van der Waals surface area contributed by atoms with Gasteiger partial charge in [0.1, 0.15) is 0 Å². The number of carboxylic acids is 1. The zero-order valence-electron chi connectivity index (χ0n) is 10.7. The van der Waals surface area contributed by atoms with E-state index in [9.17, 15) is 9.59 Å². The van der Waals surface area contributed by atoms with Gasteiger partial charge in [-0.2, -0.15) is 4.98 Å². The number of hydrogen-bond donors (Lipinski definition) is 1. The first-order valence-electron chi connectivity index (χ1n) is 6.35. The molecule has 1 fully saturated rings. The van der Waals surface area contributed by atoms with Crippen LogP contribution in [0.3, 0.4) is 0 Å². The molecule has 0 bridgehead atoms. The van der Waals surface area contributed by atoms with Gasteiger partial charge in [0.25, 0.3) is 5.82 Å². The van der Waals surface area contributed by atoms with Gasteiger partial charge in [0.05, 0.1) is 12.5 Å². The van der Waals surface area contributed by atoms with E-state index >= 15 is 0 Å². The van der Waals surface area contributed by atoms with Crippen LogP contribution >= 0.6 is 0 Å². The van der Waals surface area contributed by atoms with E-state index in [-0.39, 0.29) is 24.3 Å². The minimum atomic E-state index is -0.754. The summed E-state index contributed by atoms with van der Waals surface area (Å²) >= 11 is 0. The van der Waals surface area contributed by atoms with Crippen molar-refractivity contribution in [2.75, 3.05) is 6.61 Å². The molecule has 1 heterocycles. The molecular formula is C12H16N2O5. The maximum Gasteiger partial charge on any atom is 0.379 e. The van der Waals surface area contributed by atoms with Gasteiger partial charge in [-0.25, -0.2) is 4.79 Å². The highest BCUT2D eigenvalue weighted by atomic mass is 16.5. The zero-order valence-corrected chi connectivity index (χ0v) is 10.7. The Kier molecular flexibility index (Phi) is 4.13. The molecule has 1 aromatic heterocycles. The monoisotopic (exact) mass is 268 g/mol. The summed E-state index contributed by atoms with van der Waals surface area (Å²) in [4.78, 5) is 26.3. The fourth-order valence-electron chi connectivity index (χ4n) is 2.27. The van der Waals surface area contributed by atoms with Crippen LogP contribution in [-0.2, 0) is 9.53 Å². The first-order chi connectivity index (χ1) is 9.11. The zero-order chi connectivity index (χ0) is 13.8. The number of aromatic nitrogens is 2. The third-order valence-electron chi connectivity index (χ3n) is 3.33. The van der Waals surface area contributed by atoms with Gasteiger partial charge >= 0.3 is 11.9 Å². The van der Waals surface area contributed by atoms with Crippen molar-refractivity contribution in [2.24, 2.45) is 5.92 Å². The summed E-state index contributed by atoms with van der Waals surface area (Å²) in [6.45, 7) is 1.96. The smallest absolute Gasteiger partial charge is 0.379 e. The van der Waals surface area contributed by atoms with E-state index < -0.39 is 11.9 Å². The van der Waals surface area contributed by atoms with Crippen LogP contribution in [0.15, 0.2) is 4.52 Å². The summed E-state index contributed by atoms with van der Waals surface area (Å²) in [5.41, 5.74) is 0. The van der Waals surface area contributed by atoms with E-state index in [2.05, 4.69) is 10.1 Å². The highest BCUT2D eigenvalue weighted by Gasteiger charge is 2.30. The molecule has 0 atom stereocenters. The van der Waals surface area contributed by atoms with Crippen LogP contribution in [0.5, 0.6) is 0 Å². The van der Waals surface area contributed by atoms with E-state index in [1.54, 1.807) is 6.92 Å². The van der Waals surface area contributed by atoms with Crippen molar-refractivity contribution in [2.45, 2.75) is 38.5 Å². The molecule has 7 heteroatoms. The van der Waals surface area contributed by atoms with E-state index in [1.807, 2.05) is 0 Å². The summed E-state index contributed by atoms with van der Waals surface area (Å²) in [6, 6.07) is 0. The molecule has 0 unspecified atom stereocenters. The van der Waals surface area contributed by atoms with Gasteiger partial charge in [0.15, 0.2) is 0 Å². The van der Waals surface area contributed by atoms with Crippen LogP contribution in [0.4, 0.5) is 0 Å². The number of hydrogen-bond acceptors (Lipinski definition) is 6. The van der Waals surface area contributed by atoms with Crippen molar-refractivity contribution in [3.05, 3.63) is 11.7 Å². The second-order valence-corrected chi connectivity index (χ2v) is 4.56. The molecule has 0 aromatic carbocycles. The number of carboxylic acid groups (broad SMARTS) is 1. The average molecular weight is 268 g/mol. The van der Waals surface area contributed by atoms with Crippen molar-refractivity contribution in [3.63, 3.8) is 0 Å². The minimum absolute atomic E-state index is 0.0336. The third kappa shape index (κ3) is 3.10. The molecule has 1 saturated carbocycles. The molecule has 0 saturated heterocycles. The molecule has 1 aliphatic carbocycles. The predicted molar refractivity (Wildman–Crippen MR) is 62.6 cm³/mol. The Morgan fingerprint density at radius 3 is 2.63 bits per heavy atom. The lowest BCUT2D eigenvalue weighted by atomic mass is 9.82. The quantitative estimate of drug-likeness (QED) is 0.827. The lowest BCUT2D eigenvalue weighted by molar-refractivity contribution is -0.142. The summed E-state index contributed by atoms with van der Waals surface area (Å²) < 4.78 is 9.83. The van der Waals surface area contributed by atoms with Crippen molar-refractivity contribution in [1.82, 2.24) is 10.1 Å². The molecular weight excluding hydrogens is 252 g/mol. The van der Waals surface area contributed by atoms with Crippen LogP contribution in [-0.4, -0.2) is 33.8 Å². The van der Waals surface area contributed by atoms with Crippen molar-refractivity contribution < 1.29 is 24.0 Å². The Morgan fingerprint density at radius 2 is 2.05 bits per heavy atom. The Hall–Kier alpha value is -1.92. The van der Waals surface area contributed by atoms with Crippen molar-refractivity contribution in [1.29, 1.82) is 0 Å². The second-order valence-electron chi connectivity index (χ2n) is 4.56. The molecule has 1 aliphatic rings. The SMILES string of the molecule is CCOC(=O)c1noc(C2CCC(C(=O)O)CC2)n1. The maximum atomic E-state index is 11.4. The molecule has 7 nitrogen and oxygen atoms in total. The van der Waals surface area contributed by atoms with Gasteiger partial charge in [0.2, 0.25) is 5.89 Å². The summed E-state index contributed by atoms with van der Waals surface area (Å²) in [5.74, 6) is -1.29. The van der Waals surface area contributed by atoms with E-state index in [0.29, 0.717) is 31.6 Å². The fourth-order valence-corrected chi connectivity index (χ4v) is 2.27. The summed E-state index contributed by atoms with van der Waals surface area (Å²) in [6.07, 6.45) is 2.55. The van der Waals surface area contributed by atoms with Crippen molar-refractivity contribution >= 4 is 11.9 Å². The molecule has 0 spiro atoms. The predicted octanol–water partition coefficient (Wildman–Crippen LogP) is 1.60. The van der Waals surface area contributed by atoms with E-state index in [0.717, 1.165) is 0 Å². The molecule has 0 amide bonds. The molecule has 0 radical (unpaired) electrons. The molecule has 19 heavy (non-hydrogen) atoms.